The van der Waals surface area contributed by atoms with E-state index in [4.69, 9.17) is 5.73 Å². The number of carboxylic acid groups (broad SMARTS) is 1. The first kappa shape index (κ1) is 22.5. The van der Waals surface area contributed by atoms with E-state index in [-0.39, 0.29) is 11.5 Å². The van der Waals surface area contributed by atoms with Crippen LogP contribution in [0.5, 0.6) is 0 Å². The average Bonchev–Trinajstić information content (AvgIpc) is 3.21. The van der Waals surface area contributed by atoms with Gasteiger partial charge in [-0.1, -0.05) is 12.1 Å². The fourth-order valence-corrected chi connectivity index (χ4v) is 3.79. The van der Waals surface area contributed by atoms with E-state index in [1.165, 1.54) is 12.1 Å². The molecule has 178 valence electrons. The van der Waals surface area contributed by atoms with Gasteiger partial charge in [-0.15, -0.1) is 0 Å². The second-order valence-corrected chi connectivity index (χ2v) is 8.00. The lowest BCUT2D eigenvalue weighted by atomic mass is 10.2. The topological polar surface area (TPSA) is 148 Å². The van der Waals surface area contributed by atoms with Gasteiger partial charge >= 0.3 is 5.97 Å². The molecule has 2 aromatic carbocycles. The minimum atomic E-state index is -1.01. The van der Waals surface area contributed by atoms with E-state index in [9.17, 15) is 14.7 Å². The van der Waals surface area contributed by atoms with Crippen LogP contribution in [0.15, 0.2) is 79.1 Å². The lowest BCUT2D eigenvalue weighted by molar-refractivity contribution is 0.0696. The summed E-state index contributed by atoms with van der Waals surface area (Å²) in [5.41, 5.74) is 10.8. The standard InChI is InChI=1S/C26H21N7O3/c1-15-23(33-13-11-17(25(35)36)14-22(33)29-15)21-10-12-28-26(32-21)30-18-8-6-16(7-9-18)24(34)31-20-5-3-2-4-19(20)27/h2-14H,27H2,1H3,(H,31,34)(H,35,36)(H,28,30,32). The summed E-state index contributed by atoms with van der Waals surface area (Å²) in [6, 6.07) is 18.7. The maximum atomic E-state index is 12.6. The monoisotopic (exact) mass is 479 g/mol. The number of aromatic nitrogens is 4. The van der Waals surface area contributed by atoms with Crippen molar-refractivity contribution < 1.29 is 14.7 Å². The molecule has 1 amide bonds. The lowest BCUT2D eigenvalue weighted by Crippen LogP contribution is -2.13. The van der Waals surface area contributed by atoms with Gasteiger partial charge in [-0.3, -0.25) is 9.20 Å². The first-order chi connectivity index (χ1) is 17.4. The van der Waals surface area contributed by atoms with Crippen LogP contribution in [0.3, 0.4) is 0 Å². The van der Waals surface area contributed by atoms with Gasteiger partial charge in [-0.05, 0) is 61.5 Å². The van der Waals surface area contributed by atoms with Crippen LogP contribution in [0, 0.1) is 6.92 Å². The molecule has 0 saturated carbocycles. The Kier molecular flexibility index (Phi) is 5.75. The molecule has 0 aliphatic heterocycles. The molecular weight excluding hydrogens is 458 g/mol. The van der Waals surface area contributed by atoms with Crippen molar-refractivity contribution >= 4 is 40.5 Å². The average molecular weight is 480 g/mol. The molecule has 0 atom stereocenters. The maximum absolute atomic E-state index is 12.6. The predicted molar refractivity (Wildman–Crippen MR) is 136 cm³/mol. The Bertz CT molecular complexity index is 1610. The fraction of sp³-hybridized carbons (Fsp3) is 0.0385. The van der Waals surface area contributed by atoms with Crippen molar-refractivity contribution in [2.24, 2.45) is 0 Å². The van der Waals surface area contributed by atoms with Gasteiger partial charge in [0, 0.05) is 23.6 Å². The Morgan fingerprint density at radius 3 is 2.50 bits per heavy atom. The number of para-hydroxylation sites is 2. The molecule has 0 spiro atoms. The van der Waals surface area contributed by atoms with Crippen molar-refractivity contribution in [1.82, 2.24) is 19.4 Å². The number of hydrogen-bond donors (Lipinski definition) is 4. The number of hydrogen-bond acceptors (Lipinski definition) is 7. The first-order valence-corrected chi connectivity index (χ1v) is 11.0. The third kappa shape index (κ3) is 4.42. The number of carbonyl (C=O) groups excluding carboxylic acids is 1. The quantitative estimate of drug-likeness (QED) is 0.262. The van der Waals surface area contributed by atoms with E-state index in [0.717, 1.165) is 5.69 Å². The highest BCUT2D eigenvalue weighted by atomic mass is 16.4. The van der Waals surface area contributed by atoms with Crippen LogP contribution in [-0.2, 0) is 0 Å². The zero-order chi connectivity index (χ0) is 25.2. The van der Waals surface area contributed by atoms with E-state index in [2.05, 4.69) is 25.6 Å². The minimum absolute atomic E-state index is 0.161. The number of benzene rings is 2. The minimum Gasteiger partial charge on any atom is -0.478 e. The van der Waals surface area contributed by atoms with Crippen LogP contribution in [0.2, 0.25) is 0 Å². The molecule has 0 bridgehead atoms. The van der Waals surface area contributed by atoms with E-state index in [0.29, 0.717) is 45.6 Å². The Balaban J connectivity index is 1.35. The molecule has 0 aliphatic carbocycles. The van der Waals surface area contributed by atoms with Crippen LogP contribution in [-0.4, -0.2) is 36.3 Å². The van der Waals surface area contributed by atoms with Crippen molar-refractivity contribution in [2.75, 3.05) is 16.4 Å². The van der Waals surface area contributed by atoms with Crippen molar-refractivity contribution in [2.45, 2.75) is 6.92 Å². The molecule has 3 aromatic heterocycles. The zero-order valence-corrected chi connectivity index (χ0v) is 19.1. The molecule has 0 saturated heterocycles. The smallest absolute Gasteiger partial charge is 0.335 e. The van der Waals surface area contributed by atoms with E-state index < -0.39 is 5.97 Å². The summed E-state index contributed by atoms with van der Waals surface area (Å²) in [4.78, 5) is 37.2. The summed E-state index contributed by atoms with van der Waals surface area (Å²) in [7, 11) is 0. The molecular formula is C26H21N7O3. The number of nitrogens with two attached hydrogens (primary N) is 1. The van der Waals surface area contributed by atoms with Crippen LogP contribution < -0.4 is 16.4 Å². The third-order valence-electron chi connectivity index (χ3n) is 5.56. The molecule has 3 heterocycles. The Morgan fingerprint density at radius 1 is 0.972 bits per heavy atom. The number of rotatable bonds is 6. The number of nitrogens with one attached hydrogen (secondary N) is 2. The fourth-order valence-electron chi connectivity index (χ4n) is 3.79. The number of imidazole rings is 1. The largest absolute Gasteiger partial charge is 0.478 e. The molecule has 0 fully saturated rings. The Hall–Kier alpha value is -5.25. The van der Waals surface area contributed by atoms with Gasteiger partial charge in [0.2, 0.25) is 5.95 Å². The summed E-state index contributed by atoms with van der Waals surface area (Å²) in [6.07, 6.45) is 3.29. The van der Waals surface area contributed by atoms with Crippen molar-refractivity contribution in [3.8, 4) is 11.4 Å². The molecule has 10 nitrogen and oxygen atoms in total. The highest BCUT2D eigenvalue weighted by molar-refractivity contribution is 6.05. The van der Waals surface area contributed by atoms with Crippen molar-refractivity contribution in [1.29, 1.82) is 0 Å². The number of carboxylic acids is 1. The number of nitrogen functional groups attached to an aromatic ring is 1. The van der Waals surface area contributed by atoms with Crippen molar-refractivity contribution in [3.63, 3.8) is 0 Å². The molecule has 10 heteroatoms. The highest BCUT2D eigenvalue weighted by Crippen LogP contribution is 2.25. The lowest BCUT2D eigenvalue weighted by Gasteiger charge is -2.10. The van der Waals surface area contributed by atoms with Crippen LogP contribution >= 0.6 is 0 Å². The SMILES string of the molecule is Cc1nc2cc(C(=O)O)ccn2c1-c1ccnc(Nc2ccc(C(=O)Nc3ccccc3N)cc2)n1. The molecule has 0 unspecified atom stereocenters. The van der Waals surface area contributed by atoms with Gasteiger partial charge in [0.25, 0.3) is 5.91 Å². The summed E-state index contributed by atoms with van der Waals surface area (Å²) in [5, 5.41) is 15.2. The zero-order valence-electron chi connectivity index (χ0n) is 19.1. The summed E-state index contributed by atoms with van der Waals surface area (Å²) < 4.78 is 1.79. The number of nitrogens with zero attached hydrogens (tertiary/aromatic N) is 4. The number of anilines is 4. The van der Waals surface area contributed by atoms with Gasteiger partial charge in [-0.25, -0.2) is 19.7 Å². The van der Waals surface area contributed by atoms with Crippen LogP contribution in [0.1, 0.15) is 26.4 Å². The van der Waals surface area contributed by atoms with Gasteiger partial charge in [-0.2, -0.15) is 0 Å². The molecule has 5 N–H and O–H groups in total. The van der Waals surface area contributed by atoms with Gasteiger partial charge in [0.05, 0.1) is 34.0 Å². The van der Waals surface area contributed by atoms with E-state index in [1.54, 1.807) is 71.4 Å². The van der Waals surface area contributed by atoms with Crippen LogP contribution in [0.25, 0.3) is 17.0 Å². The third-order valence-corrected chi connectivity index (χ3v) is 5.56. The van der Waals surface area contributed by atoms with Gasteiger partial charge < -0.3 is 21.5 Å². The number of aryl methyl sites for hydroxylation is 1. The number of pyridine rings is 1. The Morgan fingerprint density at radius 2 is 1.75 bits per heavy atom. The van der Waals surface area contributed by atoms with Gasteiger partial charge in [0.15, 0.2) is 0 Å². The summed E-state index contributed by atoms with van der Waals surface area (Å²) in [5.74, 6) is -0.925. The van der Waals surface area contributed by atoms with E-state index >= 15 is 0 Å². The molecule has 5 rings (SSSR count). The second-order valence-electron chi connectivity index (χ2n) is 8.00. The number of fused-ring (bicyclic) bond motifs is 1. The number of carbonyl (C=O) groups is 2. The first-order valence-electron chi connectivity index (χ1n) is 11.0. The van der Waals surface area contributed by atoms with Gasteiger partial charge in [0.1, 0.15) is 5.65 Å². The normalized spacial score (nSPS) is 10.8. The molecule has 36 heavy (non-hydrogen) atoms. The summed E-state index contributed by atoms with van der Waals surface area (Å²) in [6.45, 7) is 1.84. The molecule has 0 aliphatic rings. The summed E-state index contributed by atoms with van der Waals surface area (Å²) >= 11 is 0. The molecule has 5 aromatic rings. The highest BCUT2D eigenvalue weighted by Gasteiger charge is 2.15. The number of aromatic carboxylic acids is 1. The predicted octanol–water partition coefficient (Wildman–Crippen LogP) is 4.38. The van der Waals surface area contributed by atoms with E-state index in [1.807, 2.05) is 6.92 Å². The number of amides is 1. The van der Waals surface area contributed by atoms with Crippen LogP contribution in [0.4, 0.5) is 23.0 Å². The molecule has 0 radical (unpaired) electrons. The second kappa shape index (κ2) is 9.18. The Labute approximate surface area is 205 Å². The van der Waals surface area contributed by atoms with Crippen molar-refractivity contribution in [3.05, 3.63) is 95.9 Å². The maximum Gasteiger partial charge on any atom is 0.335 e.